The van der Waals surface area contributed by atoms with Crippen LogP contribution in [0.25, 0.3) is 0 Å². The molecule has 0 saturated heterocycles. The Hall–Kier alpha value is -2.41. The van der Waals surface area contributed by atoms with Gasteiger partial charge in [0.05, 0.1) is 41.0 Å². The Kier molecular flexibility index (Phi) is 6.11. The van der Waals surface area contributed by atoms with Crippen molar-refractivity contribution >= 4 is 34.8 Å². The van der Waals surface area contributed by atoms with Crippen LogP contribution in [0.15, 0.2) is 42.5 Å². The van der Waals surface area contributed by atoms with Gasteiger partial charge < -0.3 is 10.4 Å². The number of hydrogen-bond donors (Lipinski definition) is 2. The van der Waals surface area contributed by atoms with Crippen LogP contribution in [-0.4, -0.2) is 26.0 Å². The van der Waals surface area contributed by atoms with Crippen molar-refractivity contribution in [3.8, 4) is 0 Å². The monoisotopic (exact) mass is 404 g/mol. The fraction of sp³-hybridized carbons (Fsp3) is 0.211. The smallest absolute Gasteiger partial charge is 0.230 e. The van der Waals surface area contributed by atoms with Gasteiger partial charge in [-0.1, -0.05) is 46.6 Å². The molecule has 0 spiro atoms. The highest BCUT2D eigenvalue weighted by Crippen LogP contribution is 2.23. The largest absolute Gasteiger partial charge is 0.392 e. The average molecular weight is 405 g/mol. The number of hydrogen-bond acceptors (Lipinski definition) is 4. The number of nitrogens with one attached hydrogen (secondary N) is 1. The summed E-state index contributed by atoms with van der Waals surface area (Å²) in [5, 5.41) is 21.2. The highest BCUT2D eigenvalue weighted by Gasteiger charge is 2.14. The number of aromatic nitrogens is 3. The first-order valence-electron chi connectivity index (χ1n) is 8.29. The van der Waals surface area contributed by atoms with Crippen LogP contribution in [0.2, 0.25) is 10.0 Å². The van der Waals surface area contributed by atoms with Crippen LogP contribution in [0.4, 0.5) is 5.69 Å². The number of nitrogens with zero attached hydrogens (tertiary/aromatic N) is 3. The second-order valence-electron chi connectivity index (χ2n) is 6.11. The van der Waals surface area contributed by atoms with Gasteiger partial charge in [-0.2, -0.15) is 0 Å². The molecule has 1 aromatic heterocycles. The molecule has 8 heteroatoms. The lowest BCUT2D eigenvalue weighted by Crippen LogP contribution is -2.15. The molecule has 2 N–H and O–H groups in total. The van der Waals surface area contributed by atoms with E-state index in [2.05, 4.69) is 15.6 Å². The van der Waals surface area contributed by atoms with E-state index in [1.54, 1.807) is 41.1 Å². The van der Waals surface area contributed by atoms with E-state index in [4.69, 9.17) is 23.2 Å². The molecule has 0 bridgehead atoms. The van der Waals surface area contributed by atoms with E-state index in [-0.39, 0.29) is 18.9 Å². The lowest BCUT2D eigenvalue weighted by Gasteiger charge is -2.07. The van der Waals surface area contributed by atoms with Crippen molar-refractivity contribution in [1.82, 2.24) is 15.0 Å². The molecule has 0 saturated carbocycles. The number of aliphatic hydroxyl groups is 1. The summed E-state index contributed by atoms with van der Waals surface area (Å²) in [6.45, 7) is 2.27. The van der Waals surface area contributed by atoms with Gasteiger partial charge in [-0.15, -0.1) is 5.10 Å². The molecule has 1 amide bonds. The summed E-state index contributed by atoms with van der Waals surface area (Å²) < 4.78 is 1.72. The molecule has 140 valence electrons. The van der Waals surface area contributed by atoms with Gasteiger partial charge in [-0.3, -0.25) is 4.79 Å². The van der Waals surface area contributed by atoms with Gasteiger partial charge in [-0.05, 0) is 42.3 Å². The maximum atomic E-state index is 12.3. The van der Waals surface area contributed by atoms with Crippen molar-refractivity contribution in [2.45, 2.75) is 26.5 Å². The van der Waals surface area contributed by atoms with Gasteiger partial charge in [0.2, 0.25) is 5.91 Å². The molecular weight excluding hydrogens is 387 g/mol. The summed E-state index contributed by atoms with van der Waals surface area (Å²) in [6.07, 6.45) is 0.108. The first-order chi connectivity index (χ1) is 13.0. The molecule has 0 atom stereocenters. The summed E-state index contributed by atoms with van der Waals surface area (Å²) in [7, 11) is 0. The third-order valence-electron chi connectivity index (χ3n) is 4.12. The van der Waals surface area contributed by atoms with Crippen LogP contribution in [0.1, 0.15) is 22.5 Å². The summed E-state index contributed by atoms with van der Waals surface area (Å²) in [5.41, 5.74) is 3.71. The van der Waals surface area contributed by atoms with Crippen LogP contribution >= 0.6 is 23.2 Å². The second-order valence-corrected chi connectivity index (χ2v) is 6.93. The van der Waals surface area contributed by atoms with Gasteiger partial charge in [0.25, 0.3) is 0 Å². The molecule has 27 heavy (non-hydrogen) atoms. The molecule has 3 aromatic rings. The molecule has 0 unspecified atom stereocenters. The van der Waals surface area contributed by atoms with Gasteiger partial charge in [-0.25, -0.2) is 4.68 Å². The SMILES string of the molecule is Cc1c(CC(=O)Nc2cccc(CO)c2)nnn1Cc1ccc(Cl)c(Cl)c1. The van der Waals surface area contributed by atoms with Crippen molar-refractivity contribution in [2.75, 3.05) is 5.32 Å². The van der Waals surface area contributed by atoms with Gasteiger partial charge in [0.1, 0.15) is 0 Å². The van der Waals surface area contributed by atoms with Gasteiger partial charge in [0.15, 0.2) is 0 Å². The summed E-state index contributed by atoms with van der Waals surface area (Å²) in [4.78, 5) is 12.3. The lowest BCUT2D eigenvalue weighted by molar-refractivity contribution is -0.115. The maximum absolute atomic E-state index is 12.3. The van der Waals surface area contributed by atoms with Crippen molar-refractivity contribution in [1.29, 1.82) is 0 Å². The number of amides is 1. The Morgan fingerprint density at radius 1 is 1.15 bits per heavy atom. The minimum atomic E-state index is -0.199. The van der Waals surface area contributed by atoms with E-state index in [0.29, 0.717) is 28.0 Å². The van der Waals surface area contributed by atoms with Crippen molar-refractivity contribution in [3.63, 3.8) is 0 Å². The fourth-order valence-corrected chi connectivity index (χ4v) is 2.95. The molecule has 2 aromatic carbocycles. The number of anilines is 1. The predicted molar refractivity (Wildman–Crippen MR) is 105 cm³/mol. The highest BCUT2D eigenvalue weighted by atomic mass is 35.5. The number of halogens is 2. The molecule has 0 aliphatic carbocycles. The molecule has 1 heterocycles. The van der Waals surface area contributed by atoms with Crippen LogP contribution in [0.3, 0.4) is 0 Å². The minimum absolute atomic E-state index is 0.0775. The van der Waals surface area contributed by atoms with Crippen molar-refractivity contribution in [2.24, 2.45) is 0 Å². The molecule has 0 radical (unpaired) electrons. The Labute approximate surface area is 166 Å². The summed E-state index contributed by atoms with van der Waals surface area (Å²) in [6, 6.07) is 12.5. The first-order valence-corrected chi connectivity index (χ1v) is 9.04. The Balaban J connectivity index is 1.67. The van der Waals surface area contributed by atoms with E-state index < -0.39 is 0 Å². The summed E-state index contributed by atoms with van der Waals surface area (Å²) in [5.74, 6) is -0.199. The summed E-state index contributed by atoms with van der Waals surface area (Å²) >= 11 is 12.0. The topological polar surface area (TPSA) is 80.0 Å². The Morgan fingerprint density at radius 2 is 1.96 bits per heavy atom. The standard InChI is InChI=1S/C19H18Cl2N4O2/c1-12-18(9-19(27)22-15-4-2-3-14(7-15)11-26)23-24-25(12)10-13-5-6-16(20)17(21)8-13/h2-8,26H,9-11H2,1H3,(H,22,27). The van der Waals surface area contributed by atoms with E-state index >= 15 is 0 Å². The second kappa shape index (κ2) is 8.52. The molecule has 6 nitrogen and oxygen atoms in total. The number of carbonyl (C=O) groups is 1. The van der Waals surface area contributed by atoms with Crippen molar-refractivity contribution < 1.29 is 9.90 Å². The van der Waals surface area contributed by atoms with Crippen LogP contribution in [-0.2, 0) is 24.4 Å². The van der Waals surface area contributed by atoms with Gasteiger partial charge in [0, 0.05) is 5.69 Å². The third kappa shape index (κ3) is 4.86. The number of rotatable bonds is 6. The molecule has 0 fully saturated rings. The third-order valence-corrected chi connectivity index (χ3v) is 4.85. The maximum Gasteiger partial charge on any atom is 0.230 e. The zero-order valence-electron chi connectivity index (χ0n) is 14.6. The van der Waals surface area contributed by atoms with E-state index in [9.17, 15) is 9.90 Å². The zero-order valence-corrected chi connectivity index (χ0v) is 16.1. The van der Waals surface area contributed by atoms with Crippen molar-refractivity contribution in [3.05, 3.63) is 75.0 Å². The number of benzene rings is 2. The van der Waals surface area contributed by atoms with Crippen LogP contribution < -0.4 is 5.32 Å². The predicted octanol–water partition coefficient (Wildman–Crippen LogP) is 3.62. The Morgan fingerprint density at radius 3 is 2.70 bits per heavy atom. The van der Waals surface area contributed by atoms with E-state index in [1.165, 1.54) is 0 Å². The minimum Gasteiger partial charge on any atom is -0.392 e. The van der Waals surface area contributed by atoms with Crippen LogP contribution in [0, 0.1) is 6.92 Å². The number of carbonyl (C=O) groups excluding carboxylic acids is 1. The zero-order chi connectivity index (χ0) is 19.4. The quantitative estimate of drug-likeness (QED) is 0.657. The average Bonchev–Trinajstić information content (AvgIpc) is 2.98. The Bertz CT molecular complexity index is 972. The van der Waals surface area contributed by atoms with Gasteiger partial charge >= 0.3 is 0 Å². The highest BCUT2D eigenvalue weighted by molar-refractivity contribution is 6.42. The van der Waals surface area contributed by atoms with Crippen LogP contribution in [0.5, 0.6) is 0 Å². The normalized spacial score (nSPS) is 10.8. The molecule has 0 aliphatic rings. The van der Waals surface area contributed by atoms with E-state index in [0.717, 1.165) is 16.8 Å². The fourth-order valence-electron chi connectivity index (χ4n) is 2.63. The van der Waals surface area contributed by atoms with E-state index in [1.807, 2.05) is 13.0 Å². The molecule has 3 rings (SSSR count). The molecule has 0 aliphatic heterocycles. The lowest BCUT2D eigenvalue weighted by atomic mass is 10.2. The number of aliphatic hydroxyl groups excluding tert-OH is 1. The molecular formula is C19H18Cl2N4O2. The first kappa shape index (κ1) is 19.4.